The standard InChI is InChI=1S/C20H32N2O5/c1-13(18(24)21-5-6-26-2)27-17(23)3-4-22-19(25)20-10-14-7-15(11-20)9-16(8-14)12-20/h13-16H,3-12H2,1-2H3,(H,21,24)(H,22,25)/t13-,14?,15?,16?,20?/m0/s1. The molecular formula is C20H32N2O5. The highest BCUT2D eigenvalue weighted by Gasteiger charge is 2.54. The van der Waals surface area contributed by atoms with Gasteiger partial charge in [-0.1, -0.05) is 0 Å². The number of nitrogens with one attached hydrogen (secondary N) is 2. The van der Waals surface area contributed by atoms with Gasteiger partial charge in [0.25, 0.3) is 5.91 Å². The smallest absolute Gasteiger partial charge is 0.308 e. The van der Waals surface area contributed by atoms with Crippen LogP contribution in [0.15, 0.2) is 0 Å². The van der Waals surface area contributed by atoms with E-state index in [0.29, 0.717) is 30.9 Å². The van der Waals surface area contributed by atoms with Crippen molar-refractivity contribution in [2.24, 2.45) is 23.2 Å². The van der Waals surface area contributed by atoms with Crippen LogP contribution in [-0.2, 0) is 23.9 Å². The molecule has 27 heavy (non-hydrogen) atoms. The van der Waals surface area contributed by atoms with Crippen LogP contribution in [0, 0.1) is 23.2 Å². The molecule has 4 saturated carbocycles. The number of hydrogen-bond acceptors (Lipinski definition) is 5. The lowest BCUT2D eigenvalue weighted by molar-refractivity contribution is -0.155. The predicted molar refractivity (Wildman–Crippen MR) is 98.7 cm³/mol. The van der Waals surface area contributed by atoms with Crippen molar-refractivity contribution in [3.05, 3.63) is 0 Å². The third-order valence-corrected chi connectivity index (χ3v) is 6.42. The monoisotopic (exact) mass is 380 g/mol. The molecule has 0 saturated heterocycles. The lowest BCUT2D eigenvalue weighted by Gasteiger charge is -2.55. The van der Waals surface area contributed by atoms with Gasteiger partial charge >= 0.3 is 5.97 Å². The molecule has 0 aromatic carbocycles. The second-order valence-electron chi connectivity index (χ2n) is 8.62. The number of methoxy groups -OCH3 is 1. The summed E-state index contributed by atoms with van der Waals surface area (Å²) in [5.41, 5.74) is -0.201. The van der Waals surface area contributed by atoms with Crippen molar-refractivity contribution in [2.75, 3.05) is 26.8 Å². The molecule has 0 aliphatic heterocycles. The molecule has 1 atom stereocenters. The van der Waals surface area contributed by atoms with E-state index >= 15 is 0 Å². The molecule has 4 aliphatic carbocycles. The highest BCUT2D eigenvalue weighted by atomic mass is 16.5. The van der Waals surface area contributed by atoms with Gasteiger partial charge in [0, 0.05) is 25.6 Å². The quantitative estimate of drug-likeness (QED) is 0.466. The molecule has 152 valence electrons. The second-order valence-corrected chi connectivity index (χ2v) is 8.62. The molecule has 2 amide bonds. The number of esters is 1. The highest BCUT2D eigenvalue weighted by molar-refractivity contribution is 5.85. The van der Waals surface area contributed by atoms with E-state index in [1.165, 1.54) is 26.2 Å². The van der Waals surface area contributed by atoms with E-state index in [0.717, 1.165) is 19.3 Å². The first kappa shape index (κ1) is 20.1. The van der Waals surface area contributed by atoms with Crippen LogP contribution in [0.4, 0.5) is 0 Å². The van der Waals surface area contributed by atoms with Crippen LogP contribution in [0.2, 0.25) is 0 Å². The SMILES string of the molecule is COCCNC(=O)[C@H](C)OC(=O)CCNC(=O)C12CC3CC(CC(C3)C1)C2. The summed E-state index contributed by atoms with van der Waals surface area (Å²) in [5.74, 6) is 1.42. The maximum Gasteiger partial charge on any atom is 0.308 e. The Balaban J connectivity index is 1.37. The van der Waals surface area contributed by atoms with Crippen LogP contribution in [-0.4, -0.2) is 50.7 Å². The maximum absolute atomic E-state index is 12.8. The molecular weight excluding hydrogens is 348 g/mol. The number of rotatable bonds is 9. The van der Waals surface area contributed by atoms with Gasteiger partial charge in [-0.15, -0.1) is 0 Å². The van der Waals surface area contributed by atoms with Crippen molar-refractivity contribution >= 4 is 17.8 Å². The summed E-state index contributed by atoms with van der Waals surface area (Å²) in [6.07, 6.45) is 6.13. The zero-order chi connectivity index (χ0) is 19.4. The first-order valence-corrected chi connectivity index (χ1v) is 10.2. The van der Waals surface area contributed by atoms with Gasteiger partial charge in [-0.05, 0) is 63.2 Å². The van der Waals surface area contributed by atoms with E-state index in [9.17, 15) is 14.4 Å². The molecule has 0 aromatic heterocycles. The largest absolute Gasteiger partial charge is 0.452 e. The average molecular weight is 380 g/mol. The Hall–Kier alpha value is -1.63. The van der Waals surface area contributed by atoms with Gasteiger partial charge in [-0.3, -0.25) is 14.4 Å². The highest BCUT2D eigenvalue weighted by Crippen LogP contribution is 2.60. The van der Waals surface area contributed by atoms with E-state index in [-0.39, 0.29) is 30.2 Å². The molecule has 0 radical (unpaired) electrons. The Morgan fingerprint density at radius 1 is 1.00 bits per heavy atom. The Morgan fingerprint density at radius 3 is 2.15 bits per heavy atom. The first-order chi connectivity index (χ1) is 12.9. The van der Waals surface area contributed by atoms with Crippen LogP contribution in [0.25, 0.3) is 0 Å². The third kappa shape index (κ3) is 4.81. The Labute approximate surface area is 160 Å². The Morgan fingerprint density at radius 2 is 1.59 bits per heavy atom. The summed E-state index contributed by atoms with van der Waals surface area (Å²) >= 11 is 0. The number of hydrogen-bond donors (Lipinski definition) is 2. The molecule has 4 aliphatic rings. The van der Waals surface area contributed by atoms with Gasteiger partial charge in [0.1, 0.15) is 0 Å². The van der Waals surface area contributed by atoms with E-state index in [4.69, 9.17) is 9.47 Å². The molecule has 4 bridgehead atoms. The molecule has 7 nitrogen and oxygen atoms in total. The van der Waals surface area contributed by atoms with Crippen LogP contribution in [0.1, 0.15) is 51.9 Å². The van der Waals surface area contributed by atoms with Gasteiger partial charge < -0.3 is 20.1 Å². The summed E-state index contributed by atoms with van der Waals surface area (Å²) in [4.78, 5) is 36.5. The number of ether oxygens (including phenoxy) is 2. The fourth-order valence-corrected chi connectivity index (χ4v) is 5.58. The normalized spacial score (nSPS) is 32.0. The summed E-state index contributed by atoms with van der Waals surface area (Å²) in [6, 6.07) is 0. The zero-order valence-electron chi connectivity index (χ0n) is 16.4. The molecule has 0 spiro atoms. The second kappa shape index (κ2) is 8.59. The summed E-state index contributed by atoms with van der Waals surface area (Å²) in [6.45, 7) is 2.58. The van der Waals surface area contributed by atoms with E-state index in [1.54, 1.807) is 7.11 Å². The van der Waals surface area contributed by atoms with E-state index in [2.05, 4.69) is 10.6 Å². The Bertz CT molecular complexity index is 541. The minimum atomic E-state index is -0.854. The van der Waals surface area contributed by atoms with Crippen molar-refractivity contribution < 1.29 is 23.9 Å². The molecule has 0 heterocycles. The summed E-state index contributed by atoms with van der Waals surface area (Å²) < 4.78 is 9.98. The average Bonchev–Trinajstić information content (AvgIpc) is 2.60. The van der Waals surface area contributed by atoms with Crippen molar-refractivity contribution in [3.8, 4) is 0 Å². The lowest BCUT2D eigenvalue weighted by Crippen LogP contribution is -2.53. The minimum absolute atomic E-state index is 0.0772. The predicted octanol–water partition coefficient (Wildman–Crippen LogP) is 1.40. The first-order valence-electron chi connectivity index (χ1n) is 10.2. The van der Waals surface area contributed by atoms with Gasteiger partial charge in [-0.25, -0.2) is 0 Å². The molecule has 7 heteroatoms. The van der Waals surface area contributed by atoms with Crippen molar-refractivity contribution in [1.29, 1.82) is 0 Å². The topological polar surface area (TPSA) is 93.7 Å². The number of carbonyl (C=O) groups is 3. The number of amides is 2. The van der Waals surface area contributed by atoms with Crippen molar-refractivity contribution in [2.45, 2.75) is 58.0 Å². The molecule has 0 aromatic rings. The van der Waals surface area contributed by atoms with Gasteiger partial charge in [0.05, 0.1) is 13.0 Å². The van der Waals surface area contributed by atoms with Crippen LogP contribution < -0.4 is 10.6 Å². The molecule has 4 rings (SSSR count). The Kier molecular flexibility index (Phi) is 6.40. The van der Waals surface area contributed by atoms with Gasteiger partial charge in [-0.2, -0.15) is 0 Å². The molecule has 2 N–H and O–H groups in total. The summed E-state index contributed by atoms with van der Waals surface area (Å²) in [5, 5.41) is 5.58. The van der Waals surface area contributed by atoms with E-state index in [1.807, 2.05) is 0 Å². The fourth-order valence-electron chi connectivity index (χ4n) is 5.58. The van der Waals surface area contributed by atoms with Crippen LogP contribution >= 0.6 is 0 Å². The van der Waals surface area contributed by atoms with Crippen LogP contribution in [0.5, 0.6) is 0 Å². The maximum atomic E-state index is 12.8. The third-order valence-electron chi connectivity index (χ3n) is 6.42. The lowest BCUT2D eigenvalue weighted by atomic mass is 9.49. The minimum Gasteiger partial charge on any atom is -0.452 e. The summed E-state index contributed by atoms with van der Waals surface area (Å²) in [7, 11) is 1.55. The van der Waals surface area contributed by atoms with Crippen LogP contribution in [0.3, 0.4) is 0 Å². The van der Waals surface area contributed by atoms with Crippen molar-refractivity contribution in [3.63, 3.8) is 0 Å². The zero-order valence-corrected chi connectivity index (χ0v) is 16.4. The fraction of sp³-hybridized carbons (Fsp3) is 0.850. The molecule has 0 unspecified atom stereocenters. The van der Waals surface area contributed by atoms with Gasteiger partial charge in [0.2, 0.25) is 5.91 Å². The van der Waals surface area contributed by atoms with E-state index < -0.39 is 12.1 Å². The molecule has 4 fully saturated rings. The van der Waals surface area contributed by atoms with Crippen molar-refractivity contribution in [1.82, 2.24) is 10.6 Å². The number of carbonyl (C=O) groups excluding carboxylic acids is 3. The van der Waals surface area contributed by atoms with Gasteiger partial charge in [0.15, 0.2) is 6.10 Å².